The van der Waals surface area contributed by atoms with Crippen LogP contribution in [0.4, 0.5) is 0 Å². The molecule has 4 nitrogen and oxygen atoms in total. The Kier molecular flexibility index (Phi) is 6.44. The lowest BCUT2D eigenvalue weighted by molar-refractivity contribution is -0.121. The molecule has 1 aromatic heterocycles. The van der Waals surface area contributed by atoms with Gasteiger partial charge >= 0.3 is 0 Å². The van der Waals surface area contributed by atoms with Crippen molar-refractivity contribution in [3.8, 4) is 5.75 Å². The number of hydrogen-bond acceptors (Lipinski definition) is 3. The maximum atomic E-state index is 12.6. The van der Waals surface area contributed by atoms with E-state index < -0.39 is 0 Å². The maximum absolute atomic E-state index is 12.6. The van der Waals surface area contributed by atoms with Crippen LogP contribution in [0.5, 0.6) is 5.75 Å². The molecule has 0 aliphatic rings. The highest BCUT2D eigenvalue weighted by Gasteiger charge is 2.19. The van der Waals surface area contributed by atoms with Crippen LogP contribution in [-0.4, -0.2) is 18.0 Å². The molecule has 138 valence electrons. The van der Waals surface area contributed by atoms with Crippen molar-refractivity contribution >= 4 is 17.5 Å². The highest BCUT2D eigenvalue weighted by molar-refractivity contribution is 6.32. The molecular formula is C22H21ClN2O2. The van der Waals surface area contributed by atoms with Gasteiger partial charge in [-0.3, -0.25) is 9.78 Å². The number of halogens is 1. The van der Waals surface area contributed by atoms with Gasteiger partial charge in [-0.2, -0.15) is 0 Å². The second kappa shape index (κ2) is 9.19. The minimum Gasteiger partial charge on any atom is -0.495 e. The molecule has 0 spiro atoms. The van der Waals surface area contributed by atoms with Crippen LogP contribution in [0.3, 0.4) is 0 Å². The summed E-state index contributed by atoms with van der Waals surface area (Å²) < 4.78 is 5.24. The Labute approximate surface area is 164 Å². The topological polar surface area (TPSA) is 51.2 Å². The zero-order valence-electron chi connectivity index (χ0n) is 15.1. The Balaban J connectivity index is 1.78. The summed E-state index contributed by atoms with van der Waals surface area (Å²) in [4.78, 5) is 16.6. The smallest absolute Gasteiger partial charge is 0.221 e. The lowest BCUT2D eigenvalue weighted by atomic mass is 9.88. The summed E-state index contributed by atoms with van der Waals surface area (Å²) in [6.07, 6.45) is 3.76. The van der Waals surface area contributed by atoms with Crippen LogP contribution in [0.15, 0.2) is 73.1 Å². The van der Waals surface area contributed by atoms with Crippen molar-refractivity contribution in [1.29, 1.82) is 0 Å². The number of aromatic nitrogens is 1. The van der Waals surface area contributed by atoms with Crippen molar-refractivity contribution in [2.75, 3.05) is 7.11 Å². The third kappa shape index (κ3) is 5.08. The number of benzene rings is 2. The lowest BCUT2D eigenvalue weighted by Gasteiger charge is -2.19. The summed E-state index contributed by atoms with van der Waals surface area (Å²) >= 11 is 6.31. The molecule has 0 bridgehead atoms. The SMILES string of the molecule is COc1ccc(C(CC(=O)NCc2ccncc2)c2ccccc2)cc1Cl. The molecule has 0 saturated carbocycles. The van der Waals surface area contributed by atoms with Crippen molar-refractivity contribution in [3.05, 3.63) is 94.8 Å². The number of nitrogens with one attached hydrogen (secondary N) is 1. The average Bonchev–Trinajstić information content (AvgIpc) is 2.72. The van der Waals surface area contributed by atoms with Crippen LogP contribution in [-0.2, 0) is 11.3 Å². The van der Waals surface area contributed by atoms with Crippen molar-refractivity contribution < 1.29 is 9.53 Å². The lowest BCUT2D eigenvalue weighted by Crippen LogP contribution is -2.25. The molecule has 1 atom stereocenters. The minimum absolute atomic E-state index is 0.0207. The number of methoxy groups -OCH3 is 1. The third-order valence-corrected chi connectivity index (χ3v) is 4.70. The van der Waals surface area contributed by atoms with E-state index in [4.69, 9.17) is 16.3 Å². The molecular weight excluding hydrogens is 360 g/mol. The quantitative estimate of drug-likeness (QED) is 0.652. The van der Waals surface area contributed by atoms with Gasteiger partial charge in [0.25, 0.3) is 0 Å². The number of pyridine rings is 1. The Hall–Kier alpha value is -2.85. The fraction of sp³-hybridized carbons (Fsp3) is 0.182. The Morgan fingerprint density at radius 3 is 2.48 bits per heavy atom. The summed E-state index contributed by atoms with van der Waals surface area (Å²) in [5, 5.41) is 3.52. The second-order valence-corrected chi connectivity index (χ2v) is 6.60. The van der Waals surface area contributed by atoms with Gasteiger partial charge in [-0.05, 0) is 41.0 Å². The van der Waals surface area contributed by atoms with Gasteiger partial charge in [-0.15, -0.1) is 0 Å². The fourth-order valence-electron chi connectivity index (χ4n) is 2.97. The van der Waals surface area contributed by atoms with E-state index in [2.05, 4.69) is 10.3 Å². The number of hydrogen-bond donors (Lipinski definition) is 1. The molecule has 5 heteroatoms. The monoisotopic (exact) mass is 380 g/mol. The summed E-state index contributed by atoms with van der Waals surface area (Å²) in [6.45, 7) is 0.478. The second-order valence-electron chi connectivity index (χ2n) is 6.19. The van der Waals surface area contributed by atoms with E-state index in [1.165, 1.54) is 0 Å². The molecule has 27 heavy (non-hydrogen) atoms. The van der Waals surface area contributed by atoms with Crippen LogP contribution in [0.2, 0.25) is 5.02 Å². The van der Waals surface area contributed by atoms with Crippen LogP contribution in [0.25, 0.3) is 0 Å². The van der Waals surface area contributed by atoms with Crippen LogP contribution in [0, 0.1) is 0 Å². The van der Waals surface area contributed by atoms with Gasteiger partial charge in [-0.1, -0.05) is 48.0 Å². The van der Waals surface area contributed by atoms with Crippen molar-refractivity contribution in [1.82, 2.24) is 10.3 Å². The molecule has 0 aliphatic carbocycles. The molecule has 0 radical (unpaired) electrons. The standard InChI is InChI=1S/C22H21ClN2O2/c1-27-21-8-7-18(13-20(21)23)19(17-5-3-2-4-6-17)14-22(26)25-15-16-9-11-24-12-10-16/h2-13,19H,14-15H2,1H3,(H,25,26). The Morgan fingerprint density at radius 1 is 1.07 bits per heavy atom. The fourth-order valence-corrected chi connectivity index (χ4v) is 3.24. The van der Waals surface area contributed by atoms with Crippen molar-refractivity contribution in [2.24, 2.45) is 0 Å². The normalized spacial score (nSPS) is 11.6. The number of rotatable bonds is 7. The van der Waals surface area contributed by atoms with Gasteiger partial charge in [0.2, 0.25) is 5.91 Å². The summed E-state index contributed by atoms with van der Waals surface area (Å²) in [7, 11) is 1.59. The van der Waals surface area contributed by atoms with Gasteiger partial charge in [0.05, 0.1) is 12.1 Å². The van der Waals surface area contributed by atoms with Crippen LogP contribution in [0.1, 0.15) is 29.0 Å². The van der Waals surface area contributed by atoms with Crippen molar-refractivity contribution in [3.63, 3.8) is 0 Å². The van der Waals surface area contributed by atoms with Gasteiger partial charge in [0, 0.05) is 31.3 Å². The summed E-state index contributed by atoms with van der Waals surface area (Å²) in [6, 6.07) is 19.4. The predicted molar refractivity (Wildman–Crippen MR) is 107 cm³/mol. The largest absolute Gasteiger partial charge is 0.495 e. The third-order valence-electron chi connectivity index (χ3n) is 4.41. The number of nitrogens with zero attached hydrogens (tertiary/aromatic N) is 1. The number of ether oxygens (including phenoxy) is 1. The van der Waals surface area contributed by atoms with Gasteiger partial charge in [-0.25, -0.2) is 0 Å². The summed E-state index contributed by atoms with van der Waals surface area (Å²) in [5.41, 5.74) is 3.06. The molecule has 0 saturated heterocycles. The highest BCUT2D eigenvalue weighted by atomic mass is 35.5. The molecule has 0 aliphatic heterocycles. The first-order valence-corrected chi connectivity index (χ1v) is 9.09. The van der Waals surface area contributed by atoms with Crippen molar-refractivity contribution in [2.45, 2.75) is 18.9 Å². The van der Waals surface area contributed by atoms with E-state index in [-0.39, 0.29) is 11.8 Å². The highest BCUT2D eigenvalue weighted by Crippen LogP contribution is 2.33. The van der Waals surface area contributed by atoms with E-state index >= 15 is 0 Å². The van der Waals surface area contributed by atoms with Gasteiger partial charge < -0.3 is 10.1 Å². The van der Waals surface area contributed by atoms with E-state index in [1.807, 2.05) is 60.7 Å². The minimum atomic E-state index is -0.0907. The first kappa shape index (κ1) is 18.9. The predicted octanol–water partition coefficient (Wildman–Crippen LogP) is 4.58. The Bertz CT molecular complexity index is 885. The van der Waals surface area contributed by atoms with Crippen LogP contribution >= 0.6 is 11.6 Å². The molecule has 0 fully saturated rings. The van der Waals surface area contributed by atoms with Gasteiger partial charge in [0.1, 0.15) is 5.75 Å². The number of amides is 1. The first-order valence-electron chi connectivity index (χ1n) is 8.71. The van der Waals surface area contributed by atoms with Crippen LogP contribution < -0.4 is 10.1 Å². The molecule has 1 heterocycles. The van der Waals surface area contributed by atoms with E-state index in [0.717, 1.165) is 16.7 Å². The molecule has 2 aromatic carbocycles. The molecule has 1 amide bonds. The average molecular weight is 381 g/mol. The number of carbonyl (C=O) groups is 1. The van der Waals surface area contributed by atoms with E-state index in [0.29, 0.717) is 23.7 Å². The Morgan fingerprint density at radius 2 is 1.81 bits per heavy atom. The number of carbonyl (C=O) groups excluding carboxylic acids is 1. The molecule has 1 N–H and O–H groups in total. The zero-order chi connectivity index (χ0) is 19.1. The van der Waals surface area contributed by atoms with E-state index in [9.17, 15) is 4.79 Å². The molecule has 3 aromatic rings. The zero-order valence-corrected chi connectivity index (χ0v) is 15.8. The first-order chi connectivity index (χ1) is 13.2. The molecule has 3 rings (SSSR count). The molecule has 1 unspecified atom stereocenters. The van der Waals surface area contributed by atoms with E-state index in [1.54, 1.807) is 19.5 Å². The maximum Gasteiger partial charge on any atom is 0.221 e. The summed E-state index contributed by atoms with van der Waals surface area (Å²) in [5.74, 6) is 0.508. The van der Waals surface area contributed by atoms with Gasteiger partial charge in [0.15, 0.2) is 0 Å².